The molecule has 0 N–H and O–H groups in total. The van der Waals surface area contributed by atoms with E-state index in [2.05, 4.69) is 28.4 Å². The van der Waals surface area contributed by atoms with E-state index in [-0.39, 0.29) is 5.91 Å². The molecule has 0 saturated carbocycles. The Morgan fingerprint density at radius 1 is 1.20 bits per heavy atom. The molecule has 0 spiro atoms. The summed E-state index contributed by atoms with van der Waals surface area (Å²) in [6, 6.07) is 0. The van der Waals surface area contributed by atoms with Crippen LogP contribution in [0.1, 0.15) is 32.0 Å². The van der Waals surface area contributed by atoms with Crippen LogP contribution in [0.25, 0.3) is 0 Å². The number of aromatic nitrogens is 2. The summed E-state index contributed by atoms with van der Waals surface area (Å²) in [5.41, 5.74) is 2.51. The van der Waals surface area contributed by atoms with Gasteiger partial charge in [0.1, 0.15) is 0 Å². The van der Waals surface area contributed by atoms with Crippen molar-refractivity contribution in [2.24, 2.45) is 5.41 Å². The summed E-state index contributed by atoms with van der Waals surface area (Å²) >= 11 is 0. The summed E-state index contributed by atoms with van der Waals surface area (Å²) in [7, 11) is 2.14. The van der Waals surface area contributed by atoms with Crippen molar-refractivity contribution >= 4 is 11.9 Å². The average molecular weight is 343 g/mol. The van der Waals surface area contributed by atoms with E-state index in [1.54, 1.807) is 0 Å². The Balaban J connectivity index is 1.73. The first-order valence-corrected chi connectivity index (χ1v) is 9.02. The zero-order valence-electron chi connectivity index (χ0n) is 15.9. The summed E-state index contributed by atoms with van der Waals surface area (Å²) in [5, 5.41) is 0. The maximum Gasteiger partial charge on any atom is 0.232 e. The quantitative estimate of drug-likeness (QED) is 0.782. The molecule has 0 atom stereocenters. The first kappa shape index (κ1) is 17.9. The second kappa shape index (κ2) is 6.75. The van der Waals surface area contributed by atoms with Gasteiger partial charge in [-0.2, -0.15) is 0 Å². The highest BCUT2D eigenvalue weighted by molar-refractivity contribution is 5.85. The van der Waals surface area contributed by atoms with E-state index in [1.165, 1.54) is 0 Å². The number of fused-ring (bicyclic) bond motifs is 1. The van der Waals surface area contributed by atoms with Gasteiger partial charge < -0.3 is 14.7 Å². The summed E-state index contributed by atoms with van der Waals surface area (Å²) in [6.07, 6.45) is 2.69. The summed E-state index contributed by atoms with van der Waals surface area (Å²) in [4.78, 5) is 28.7. The van der Waals surface area contributed by atoms with Crippen molar-refractivity contribution in [1.82, 2.24) is 19.8 Å². The Labute approximate surface area is 150 Å². The molecule has 3 rings (SSSR count). The van der Waals surface area contributed by atoms with Crippen LogP contribution in [-0.2, 0) is 17.8 Å². The summed E-state index contributed by atoms with van der Waals surface area (Å²) in [6.45, 7) is 15.1. The Hall–Kier alpha value is -1.95. The normalized spacial score (nSPS) is 18.9. The van der Waals surface area contributed by atoms with E-state index in [4.69, 9.17) is 4.98 Å². The highest BCUT2D eigenvalue weighted by Crippen LogP contribution is 2.30. The molecule has 1 fully saturated rings. The molecule has 1 amide bonds. The first-order chi connectivity index (χ1) is 11.8. The number of rotatable bonds is 3. The minimum Gasteiger partial charge on any atom is -0.338 e. The van der Waals surface area contributed by atoms with Gasteiger partial charge >= 0.3 is 0 Å². The molecule has 0 unspecified atom stereocenters. The molecule has 2 aliphatic rings. The minimum absolute atomic E-state index is 0.133. The van der Waals surface area contributed by atoms with Gasteiger partial charge in [0.05, 0.1) is 11.1 Å². The van der Waals surface area contributed by atoms with Crippen molar-refractivity contribution in [3.05, 3.63) is 29.6 Å². The molecule has 6 heteroatoms. The summed E-state index contributed by atoms with van der Waals surface area (Å²) < 4.78 is 0. The number of carbonyl (C=O) groups is 1. The summed E-state index contributed by atoms with van der Waals surface area (Å²) in [5.74, 6) is 0.961. The van der Waals surface area contributed by atoms with Gasteiger partial charge in [-0.25, -0.2) is 9.97 Å². The second-order valence-electron chi connectivity index (χ2n) is 7.81. The fourth-order valence-corrected chi connectivity index (χ4v) is 3.22. The standard InChI is InChI=1S/C19H29N5O/c1-14(2)19(3,4)17(25)24-7-6-16-15(13-24)12-20-18(21-16)23-10-8-22(5)9-11-23/h12H,1,6-11,13H2,2-5H3. The topological polar surface area (TPSA) is 52.6 Å². The van der Waals surface area contributed by atoms with Crippen LogP contribution < -0.4 is 4.90 Å². The Morgan fingerprint density at radius 2 is 1.88 bits per heavy atom. The molecule has 0 aromatic carbocycles. The number of likely N-dealkylation sites (N-methyl/N-ethyl adjacent to an activating group) is 1. The van der Waals surface area contributed by atoms with Crippen LogP contribution >= 0.6 is 0 Å². The Bertz CT molecular complexity index is 676. The van der Waals surface area contributed by atoms with Crippen LogP contribution in [0.4, 0.5) is 5.95 Å². The SMILES string of the molecule is C=C(C)C(C)(C)C(=O)N1CCc2nc(N3CCN(C)CC3)ncc2C1. The molecule has 3 heterocycles. The highest BCUT2D eigenvalue weighted by Gasteiger charge is 2.34. The van der Waals surface area contributed by atoms with Crippen LogP contribution in [0, 0.1) is 5.41 Å². The maximum atomic E-state index is 12.8. The molecule has 0 aliphatic carbocycles. The number of carbonyl (C=O) groups excluding carboxylic acids is 1. The van der Waals surface area contributed by atoms with Gasteiger partial charge in [-0.15, -0.1) is 0 Å². The third-order valence-electron chi connectivity index (χ3n) is 5.60. The lowest BCUT2D eigenvalue weighted by Gasteiger charge is -2.36. The van der Waals surface area contributed by atoms with Crippen LogP contribution in [0.3, 0.4) is 0 Å². The second-order valence-corrected chi connectivity index (χ2v) is 7.81. The number of amides is 1. The molecular weight excluding hydrogens is 314 g/mol. The lowest BCUT2D eigenvalue weighted by molar-refractivity contribution is -0.139. The van der Waals surface area contributed by atoms with Crippen molar-refractivity contribution in [2.45, 2.75) is 33.7 Å². The predicted molar refractivity (Wildman–Crippen MR) is 99.5 cm³/mol. The van der Waals surface area contributed by atoms with Gasteiger partial charge in [0.15, 0.2) is 0 Å². The van der Waals surface area contributed by atoms with Crippen molar-refractivity contribution in [3.63, 3.8) is 0 Å². The average Bonchev–Trinajstić information content (AvgIpc) is 2.60. The van der Waals surface area contributed by atoms with Gasteiger partial charge in [-0.05, 0) is 27.8 Å². The fraction of sp³-hybridized carbons (Fsp3) is 0.632. The molecule has 25 heavy (non-hydrogen) atoms. The molecule has 2 aliphatic heterocycles. The van der Waals surface area contributed by atoms with E-state index in [0.29, 0.717) is 13.1 Å². The smallest absolute Gasteiger partial charge is 0.232 e. The monoisotopic (exact) mass is 343 g/mol. The first-order valence-electron chi connectivity index (χ1n) is 9.02. The molecule has 1 aromatic heterocycles. The van der Waals surface area contributed by atoms with Gasteiger partial charge in [0.25, 0.3) is 0 Å². The maximum absolute atomic E-state index is 12.8. The Morgan fingerprint density at radius 3 is 2.52 bits per heavy atom. The molecule has 0 bridgehead atoms. The van der Waals surface area contributed by atoms with E-state index in [9.17, 15) is 4.79 Å². The fourth-order valence-electron chi connectivity index (χ4n) is 3.22. The van der Waals surface area contributed by atoms with Gasteiger partial charge in [-0.1, -0.05) is 12.2 Å². The predicted octanol–water partition coefficient (Wildman–Crippen LogP) is 1.72. The molecule has 1 saturated heterocycles. The van der Waals surface area contributed by atoms with E-state index >= 15 is 0 Å². The lowest BCUT2D eigenvalue weighted by Crippen LogP contribution is -2.46. The van der Waals surface area contributed by atoms with Crippen LogP contribution in [0.2, 0.25) is 0 Å². The number of piperazine rings is 1. The van der Waals surface area contributed by atoms with Crippen molar-refractivity contribution in [1.29, 1.82) is 0 Å². The zero-order valence-corrected chi connectivity index (χ0v) is 15.9. The zero-order chi connectivity index (χ0) is 18.2. The number of hydrogen-bond acceptors (Lipinski definition) is 5. The Kier molecular flexibility index (Phi) is 4.82. The van der Waals surface area contributed by atoms with Crippen LogP contribution in [0.5, 0.6) is 0 Å². The lowest BCUT2D eigenvalue weighted by atomic mass is 9.84. The molecular formula is C19H29N5O. The van der Waals surface area contributed by atoms with Crippen molar-refractivity contribution < 1.29 is 4.79 Å². The van der Waals surface area contributed by atoms with Gasteiger partial charge in [-0.3, -0.25) is 4.79 Å². The minimum atomic E-state index is -0.530. The molecule has 0 radical (unpaired) electrons. The van der Waals surface area contributed by atoms with E-state index in [1.807, 2.05) is 31.9 Å². The third kappa shape index (κ3) is 3.54. The number of nitrogens with zero attached hydrogens (tertiary/aromatic N) is 5. The number of anilines is 1. The van der Waals surface area contributed by atoms with Crippen LogP contribution in [0.15, 0.2) is 18.3 Å². The molecule has 6 nitrogen and oxygen atoms in total. The van der Waals surface area contributed by atoms with Gasteiger partial charge in [0, 0.05) is 57.4 Å². The third-order valence-corrected chi connectivity index (χ3v) is 5.60. The van der Waals surface area contributed by atoms with E-state index in [0.717, 1.165) is 55.4 Å². The van der Waals surface area contributed by atoms with Crippen molar-refractivity contribution in [3.8, 4) is 0 Å². The molecule has 1 aromatic rings. The largest absolute Gasteiger partial charge is 0.338 e. The number of hydrogen-bond donors (Lipinski definition) is 0. The van der Waals surface area contributed by atoms with Crippen LogP contribution in [-0.4, -0.2) is 65.4 Å². The van der Waals surface area contributed by atoms with E-state index < -0.39 is 5.41 Å². The molecule has 136 valence electrons. The van der Waals surface area contributed by atoms with Crippen molar-refractivity contribution in [2.75, 3.05) is 44.7 Å². The van der Waals surface area contributed by atoms with Gasteiger partial charge in [0.2, 0.25) is 11.9 Å². The highest BCUT2D eigenvalue weighted by atomic mass is 16.2.